The number of thiocarbonyl (C=S) groups is 1. The molecule has 0 radical (unpaired) electrons. The van der Waals surface area contributed by atoms with Crippen molar-refractivity contribution in [1.29, 1.82) is 0 Å². The molecule has 29 heavy (non-hydrogen) atoms. The Morgan fingerprint density at radius 1 is 1.28 bits per heavy atom. The Hall–Kier alpha value is -3.06. The molecule has 1 heterocycles. The smallest absolute Gasteiger partial charge is 0.256 e. The molecule has 5 nitrogen and oxygen atoms in total. The molecule has 1 aliphatic heterocycles. The van der Waals surface area contributed by atoms with Gasteiger partial charge in [-0.3, -0.25) is 14.5 Å². The van der Waals surface area contributed by atoms with Crippen molar-refractivity contribution in [1.82, 2.24) is 4.90 Å². The highest BCUT2D eigenvalue weighted by molar-refractivity contribution is 7.80. The molecule has 0 aliphatic carbocycles. The van der Waals surface area contributed by atoms with E-state index < -0.39 is 11.9 Å². The van der Waals surface area contributed by atoms with Crippen molar-refractivity contribution in [3.63, 3.8) is 0 Å². The maximum absolute atomic E-state index is 13.6. The molecule has 0 bridgehead atoms. The zero-order valence-corrected chi connectivity index (χ0v) is 16.9. The first-order valence-electron chi connectivity index (χ1n) is 9.34. The van der Waals surface area contributed by atoms with Crippen molar-refractivity contribution in [2.45, 2.75) is 25.8 Å². The Morgan fingerprint density at radius 3 is 2.62 bits per heavy atom. The summed E-state index contributed by atoms with van der Waals surface area (Å²) in [4.78, 5) is 28.5. The molecule has 0 spiro atoms. The molecular formula is C22H22FN3O2S. The van der Waals surface area contributed by atoms with Crippen molar-refractivity contribution in [2.75, 3.05) is 16.8 Å². The number of amides is 2. The third kappa shape index (κ3) is 4.51. The molecule has 2 aromatic carbocycles. The predicted octanol–water partition coefficient (Wildman–Crippen LogP) is 3.91. The van der Waals surface area contributed by atoms with Crippen LogP contribution in [0.1, 0.15) is 18.9 Å². The van der Waals surface area contributed by atoms with E-state index in [0.717, 1.165) is 6.42 Å². The second-order valence-electron chi connectivity index (χ2n) is 6.70. The first-order valence-corrected chi connectivity index (χ1v) is 9.75. The summed E-state index contributed by atoms with van der Waals surface area (Å²) in [5, 5.41) is 3.04. The molecular weight excluding hydrogens is 389 g/mol. The van der Waals surface area contributed by atoms with Gasteiger partial charge in [-0.1, -0.05) is 31.2 Å². The van der Waals surface area contributed by atoms with Gasteiger partial charge in [-0.25, -0.2) is 4.39 Å². The minimum absolute atomic E-state index is 0.0752. The van der Waals surface area contributed by atoms with Gasteiger partial charge in [-0.05, 0) is 54.5 Å². The lowest BCUT2D eigenvalue weighted by atomic mass is 10.1. The first-order chi connectivity index (χ1) is 13.9. The topological polar surface area (TPSA) is 52.7 Å². The zero-order chi connectivity index (χ0) is 21.0. The average Bonchev–Trinajstić information content (AvgIpc) is 2.93. The summed E-state index contributed by atoms with van der Waals surface area (Å²) in [6.07, 6.45) is 2.45. The number of carbonyl (C=O) groups is 2. The minimum Gasteiger partial charge on any atom is -0.332 e. The number of anilines is 2. The van der Waals surface area contributed by atoms with E-state index in [-0.39, 0.29) is 23.3 Å². The highest BCUT2D eigenvalue weighted by Gasteiger charge is 2.43. The number of halogens is 1. The number of hydrogen-bond donors (Lipinski definition) is 1. The monoisotopic (exact) mass is 411 g/mol. The summed E-state index contributed by atoms with van der Waals surface area (Å²) < 4.78 is 13.6. The summed E-state index contributed by atoms with van der Waals surface area (Å²) in [5.41, 5.74) is 2.17. The zero-order valence-electron chi connectivity index (χ0n) is 16.1. The molecule has 3 rings (SSSR count). The van der Waals surface area contributed by atoms with Gasteiger partial charge in [0.05, 0.1) is 12.1 Å². The Morgan fingerprint density at radius 2 is 2.00 bits per heavy atom. The lowest BCUT2D eigenvalue weighted by molar-refractivity contribution is -0.124. The van der Waals surface area contributed by atoms with Crippen molar-refractivity contribution < 1.29 is 14.0 Å². The Kier molecular flexibility index (Phi) is 6.39. The molecule has 150 valence electrons. The third-order valence-electron chi connectivity index (χ3n) is 4.74. The summed E-state index contributed by atoms with van der Waals surface area (Å²) in [6.45, 7) is 6.06. The predicted molar refractivity (Wildman–Crippen MR) is 116 cm³/mol. The van der Waals surface area contributed by atoms with Crippen LogP contribution < -0.4 is 10.2 Å². The molecule has 1 fully saturated rings. The van der Waals surface area contributed by atoms with E-state index >= 15 is 0 Å². The number of nitrogens with zero attached hydrogens (tertiary/aromatic N) is 2. The molecule has 0 saturated carbocycles. The van der Waals surface area contributed by atoms with Gasteiger partial charge in [0, 0.05) is 12.2 Å². The van der Waals surface area contributed by atoms with E-state index in [2.05, 4.69) is 18.8 Å². The Bertz CT molecular complexity index is 945. The molecule has 0 unspecified atom stereocenters. The van der Waals surface area contributed by atoms with Crippen LogP contribution in [0.5, 0.6) is 0 Å². The third-order valence-corrected chi connectivity index (χ3v) is 5.15. The van der Waals surface area contributed by atoms with E-state index in [1.54, 1.807) is 17.0 Å². The number of hydrogen-bond acceptors (Lipinski definition) is 3. The fraction of sp³-hybridized carbons (Fsp3) is 0.227. The number of aryl methyl sites for hydroxylation is 1. The highest BCUT2D eigenvalue weighted by atomic mass is 32.1. The number of carbonyl (C=O) groups excluding carboxylic acids is 2. The van der Waals surface area contributed by atoms with Gasteiger partial charge < -0.3 is 10.2 Å². The molecule has 1 saturated heterocycles. The number of rotatable bonds is 7. The van der Waals surface area contributed by atoms with Gasteiger partial charge in [0.2, 0.25) is 5.91 Å². The molecule has 1 N–H and O–H groups in total. The lowest BCUT2D eigenvalue weighted by Gasteiger charge is -2.22. The summed E-state index contributed by atoms with van der Waals surface area (Å²) in [7, 11) is 0. The summed E-state index contributed by atoms with van der Waals surface area (Å²) in [5.74, 6) is -1.13. The van der Waals surface area contributed by atoms with Crippen LogP contribution in [0.4, 0.5) is 15.8 Å². The molecule has 1 atom stereocenters. The van der Waals surface area contributed by atoms with Crippen LogP contribution in [0.2, 0.25) is 0 Å². The van der Waals surface area contributed by atoms with Gasteiger partial charge in [-0.2, -0.15) is 0 Å². The van der Waals surface area contributed by atoms with Gasteiger partial charge in [0.15, 0.2) is 5.11 Å². The van der Waals surface area contributed by atoms with Crippen molar-refractivity contribution in [3.05, 3.63) is 72.6 Å². The van der Waals surface area contributed by atoms with Crippen LogP contribution in [0.15, 0.2) is 61.2 Å². The second kappa shape index (κ2) is 8.96. The van der Waals surface area contributed by atoms with Gasteiger partial charge in [0.25, 0.3) is 5.91 Å². The average molecular weight is 412 g/mol. The standard InChI is InChI=1S/C22H22FN3O2S/c1-3-12-25-19(14-20(27)24-17-10-8-15(4-2)9-11-17)21(28)26(22(25)29)18-7-5-6-16(23)13-18/h3,5-11,13,19H,1,4,12,14H2,2H3,(H,24,27)/t19-/m0/s1. The van der Waals surface area contributed by atoms with Crippen LogP contribution in [0, 0.1) is 5.82 Å². The number of benzene rings is 2. The van der Waals surface area contributed by atoms with Crippen molar-refractivity contribution in [3.8, 4) is 0 Å². The van der Waals surface area contributed by atoms with Crippen LogP contribution in [0.3, 0.4) is 0 Å². The Labute approximate surface area is 174 Å². The SMILES string of the molecule is C=CCN1C(=S)N(c2cccc(F)c2)C(=O)[C@@H]1CC(=O)Nc1ccc(CC)cc1. The molecule has 1 aliphatic rings. The van der Waals surface area contributed by atoms with E-state index in [1.165, 1.54) is 28.7 Å². The highest BCUT2D eigenvalue weighted by Crippen LogP contribution is 2.27. The van der Waals surface area contributed by atoms with E-state index in [0.29, 0.717) is 17.9 Å². The van der Waals surface area contributed by atoms with Crippen molar-refractivity contribution in [2.24, 2.45) is 0 Å². The van der Waals surface area contributed by atoms with E-state index in [1.807, 2.05) is 24.3 Å². The summed E-state index contributed by atoms with van der Waals surface area (Å²) in [6, 6.07) is 12.4. The summed E-state index contributed by atoms with van der Waals surface area (Å²) >= 11 is 5.45. The first kappa shape index (κ1) is 20.7. The van der Waals surface area contributed by atoms with E-state index in [9.17, 15) is 14.0 Å². The molecule has 2 aromatic rings. The van der Waals surface area contributed by atoms with Crippen molar-refractivity contribution >= 4 is 40.5 Å². The largest absolute Gasteiger partial charge is 0.332 e. The Balaban J connectivity index is 1.78. The van der Waals surface area contributed by atoms with Crippen LogP contribution in [-0.2, 0) is 16.0 Å². The van der Waals surface area contributed by atoms with E-state index in [4.69, 9.17) is 12.2 Å². The maximum Gasteiger partial charge on any atom is 0.256 e. The quantitative estimate of drug-likeness (QED) is 0.555. The molecule has 0 aromatic heterocycles. The second-order valence-corrected chi connectivity index (χ2v) is 7.06. The van der Waals surface area contributed by atoms with Gasteiger partial charge in [0.1, 0.15) is 11.9 Å². The van der Waals surface area contributed by atoms with Crippen LogP contribution in [0.25, 0.3) is 0 Å². The van der Waals surface area contributed by atoms with Crippen LogP contribution in [-0.4, -0.2) is 34.4 Å². The minimum atomic E-state index is -0.779. The van der Waals surface area contributed by atoms with Gasteiger partial charge in [-0.15, -0.1) is 6.58 Å². The lowest BCUT2D eigenvalue weighted by Crippen LogP contribution is -2.37. The van der Waals surface area contributed by atoms with Gasteiger partial charge >= 0.3 is 0 Å². The maximum atomic E-state index is 13.6. The fourth-order valence-electron chi connectivity index (χ4n) is 3.24. The normalized spacial score (nSPS) is 16.3. The fourth-order valence-corrected chi connectivity index (χ4v) is 3.64. The molecule has 2 amide bonds. The molecule has 7 heteroatoms. The van der Waals surface area contributed by atoms with Crippen LogP contribution >= 0.6 is 12.2 Å². The number of nitrogens with one attached hydrogen (secondary N) is 1.